The maximum absolute atomic E-state index is 12.7. The van der Waals surface area contributed by atoms with Gasteiger partial charge in [0.25, 0.3) is 5.56 Å². The Balaban J connectivity index is 2.13. The number of rotatable bonds is 3. The first-order valence-corrected chi connectivity index (χ1v) is 7.20. The third-order valence-corrected chi connectivity index (χ3v) is 3.61. The zero-order valence-corrected chi connectivity index (χ0v) is 13.1. The van der Waals surface area contributed by atoms with Crippen molar-refractivity contribution >= 4 is 12.7 Å². The summed E-state index contributed by atoms with van der Waals surface area (Å²) in [6, 6.07) is 11.1. The van der Waals surface area contributed by atoms with E-state index in [0.29, 0.717) is 10.6 Å². The molecule has 0 unspecified atom stereocenters. The monoisotopic (exact) mass is 308 g/mol. The molecule has 1 N–H and O–H groups in total. The normalized spacial score (nSPS) is 11.7. The molecule has 116 valence electrons. The highest BCUT2D eigenvalue weighted by Gasteiger charge is 2.05. The minimum Gasteiger partial charge on any atom is -0.497 e. The number of aromatic amines is 1. The summed E-state index contributed by atoms with van der Waals surface area (Å²) in [4.78, 5) is 12.7. The lowest BCUT2D eigenvalue weighted by Gasteiger charge is -2.03. The highest BCUT2D eigenvalue weighted by Crippen LogP contribution is 2.12. The Labute approximate surface area is 133 Å². The average Bonchev–Trinajstić information content (AvgIpc) is 2.83. The number of ether oxygens (including phenoxy) is 1. The molecule has 0 aliphatic carbocycles. The lowest BCUT2D eigenvalue weighted by Crippen LogP contribution is -2.34. The van der Waals surface area contributed by atoms with Crippen molar-refractivity contribution < 1.29 is 9.30 Å². The van der Waals surface area contributed by atoms with Crippen molar-refractivity contribution in [3.05, 3.63) is 75.3 Å². The smallest absolute Gasteiger partial charge is 0.279 e. The van der Waals surface area contributed by atoms with Gasteiger partial charge >= 0.3 is 0 Å². The molecule has 0 amide bonds. The van der Waals surface area contributed by atoms with Gasteiger partial charge in [0.15, 0.2) is 12.4 Å². The van der Waals surface area contributed by atoms with Gasteiger partial charge in [-0.05, 0) is 36.4 Å². The van der Waals surface area contributed by atoms with E-state index < -0.39 is 0 Å². The van der Waals surface area contributed by atoms with E-state index in [2.05, 4.69) is 11.7 Å². The SMILES string of the molecule is C=c1[nH]n(-c2ccc(OC)cc2)c(=O)c1=Cc1ccc[n+](C)c1. The molecule has 0 spiro atoms. The number of hydrogen-bond donors (Lipinski definition) is 1. The van der Waals surface area contributed by atoms with Crippen molar-refractivity contribution in [1.29, 1.82) is 0 Å². The minimum absolute atomic E-state index is 0.133. The molecule has 0 saturated carbocycles. The Hall–Kier alpha value is -3.08. The molecular formula is C18H18N3O2+. The van der Waals surface area contributed by atoms with E-state index in [9.17, 15) is 4.79 Å². The number of aromatic nitrogens is 3. The van der Waals surface area contributed by atoms with Crippen molar-refractivity contribution in [3.63, 3.8) is 0 Å². The van der Waals surface area contributed by atoms with Crippen LogP contribution in [-0.2, 0) is 7.05 Å². The van der Waals surface area contributed by atoms with Crippen LogP contribution in [-0.4, -0.2) is 16.9 Å². The van der Waals surface area contributed by atoms with Crippen molar-refractivity contribution in [2.45, 2.75) is 0 Å². The zero-order valence-electron chi connectivity index (χ0n) is 13.1. The standard InChI is InChI=1S/C18H18N3O2/c1-13-17(11-14-5-4-10-20(2)12-14)18(22)21(19-13)15-6-8-16(23-3)9-7-15/h4-12,19H,1H2,2-3H3/q+1. The third kappa shape index (κ3) is 2.94. The molecule has 0 fully saturated rings. The van der Waals surface area contributed by atoms with Crippen LogP contribution in [0.4, 0.5) is 0 Å². The van der Waals surface area contributed by atoms with Crippen LogP contribution in [0.15, 0.2) is 53.6 Å². The highest BCUT2D eigenvalue weighted by molar-refractivity contribution is 5.47. The molecule has 0 aliphatic heterocycles. The maximum Gasteiger partial charge on any atom is 0.279 e. The largest absolute Gasteiger partial charge is 0.497 e. The fourth-order valence-corrected chi connectivity index (χ4v) is 2.42. The van der Waals surface area contributed by atoms with Gasteiger partial charge in [-0.2, -0.15) is 0 Å². The number of methoxy groups -OCH3 is 1. The van der Waals surface area contributed by atoms with Crippen LogP contribution in [0.2, 0.25) is 0 Å². The summed E-state index contributed by atoms with van der Waals surface area (Å²) in [5, 5.41) is 4.14. The van der Waals surface area contributed by atoms with E-state index in [-0.39, 0.29) is 5.56 Å². The van der Waals surface area contributed by atoms with Gasteiger partial charge in [-0.15, -0.1) is 0 Å². The molecule has 0 atom stereocenters. The molecule has 3 aromatic rings. The number of H-pyrrole nitrogens is 1. The number of benzene rings is 1. The summed E-state index contributed by atoms with van der Waals surface area (Å²) < 4.78 is 8.55. The summed E-state index contributed by atoms with van der Waals surface area (Å²) in [5.74, 6) is 0.742. The molecule has 2 heterocycles. The Morgan fingerprint density at radius 3 is 2.65 bits per heavy atom. The van der Waals surface area contributed by atoms with Gasteiger partial charge in [0, 0.05) is 11.6 Å². The van der Waals surface area contributed by atoms with Crippen LogP contribution in [0, 0.1) is 0 Å². The first kappa shape index (κ1) is 14.8. The predicted octanol–water partition coefficient (Wildman–Crippen LogP) is 0.238. The van der Waals surface area contributed by atoms with Crippen LogP contribution >= 0.6 is 0 Å². The van der Waals surface area contributed by atoms with Crippen molar-refractivity contribution in [2.75, 3.05) is 7.11 Å². The fourth-order valence-electron chi connectivity index (χ4n) is 2.42. The van der Waals surface area contributed by atoms with Crippen molar-refractivity contribution in [1.82, 2.24) is 9.78 Å². The first-order valence-electron chi connectivity index (χ1n) is 7.20. The number of aryl methyl sites for hydroxylation is 1. The van der Waals surface area contributed by atoms with Gasteiger partial charge < -0.3 is 4.74 Å². The van der Waals surface area contributed by atoms with E-state index in [0.717, 1.165) is 17.0 Å². The van der Waals surface area contributed by atoms with Crippen LogP contribution in [0.5, 0.6) is 5.75 Å². The average molecular weight is 308 g/mol. The summed E-state index contributed by atoms with van der Waals surface area (Å²) in [5.41, 5.74) is 1.54. The van der Waals surface area contributed by atoms with Gasteiger partial charge in [0.05, 0.1) is 23.4 Å². The van der Waals surface area contributed by atoms with E-state index in [1.54, 1.807) is 7.11 Å². The molecular weight excluding hydrogens is 290 g/mol. The molecule has 3 rings (SSSR count). The molecule has 5 nitrogen and oxygen atoms in total. The van der Waals surface area contributed by atoms with E-state index in [1.807, 2.05) is 66.5 Å². The van der Waals surface area contributed by atoms with E-state index in [1.165, 1.54) is 4.68 Å². The second-order valence-electron chi connectivity index (χ2n) is 5.29. The van der Waals surface area contributed by atoms with E-state index in [4.69, 9.17) is 4.74 Å². The second-order valence-corrected chi connectivity index (χ2v) is 5.29. The number of nitrogens with zero attached hydrogens (tertiary/aromatic N) is 2. The Morgan fingerprint density at radius 2 is 2.00 bits per heavy atom. The lowest BCUT2D eigenvalue weighted by molar-refractivity contribution is -0.671. The van der Waals surface area contributed by atoms with Gasteiger partial charge in [-0.1, -0.05) is 6.58 Å². The second kappa shape index (κ2) is 5.96. The van der Waals surface area contributed by atoms with E-state index >= 15 is 0 Å². The quantitative estimate of drug-likeness (QED) is 0.705. The first-order chi connectivity index (χ1) is 11.1. The molecule has 0 saturated heterocycles. The molecule has 5 heteroatoms. The Morgan fingerprint density at radius 1 is 1.26 bits per heavy atom. The number of pyridine rings is 1. The number of nitrogens with one attached hydrogen (secondary N) is 1. The summed E-state index contributed by atoms with van der Waals surface area (Å²) in [6.07, 6.45) is 5.72. The third-order valence-electron chi connectivity index (χ3n) is 3.61. The predicted molar refractivity (Wildman–Crippen MR) is 88.9 cm³/mol. The Kier molecular flexibility index (Phi) is 3.85. The number of hydrogen-bond acceptors (Lipinski definition) is 2. The lowest BCUT2D eigenvalue weighted by atomic mass is 10.2. The molecule has 0 aliphatic rings. The van der Waals surface area contributed by atoms with Gasteiger partial charge in [0.1, 0.15) is 12.8 Å². The summed E-state index contributed by atoms with van der Waals surface area (Å²) in [7, 11) is 3.55. The topological polar surface area (TPSA) is 50.9 Å². The minimum atomic E-state index is -0.133. The highest BCUT2D eigenvalue weighted by atomic mass is 16.5. The molecule has 2 aromatic heterocycles. The molecule has 0 bridgehead atoms. The fraction of sp³-hybridized carbons (Fsp3) is 0.111. The van der Waals surface area contributed by atoms with Crippen molar-refractivity contribution in [3.8, 4) is 11.4 Å². The van der Waals surface area contributed by atoms with Crippen LogP contribution < -0.4 is 25.4 Å². The molecule has 0 radical (unpaired) electrons. The maximum atomic E-state index is 12.7. The van der Waals surface area contributed by atoms with Gasteiger partial charge in [0.2, 0.25) is 0 Å². The van der Waals surface area contributed by atoms with Gasteiger partial charge in [-0.25, -0.2) is 9.25 Å². The molecule has 1 aromatic carbocycles. The Bertz CT molecular complexity index is 998. The van der Waals surface area contributed by atoms with Crippen molar-refractivity contribution in [2.24, 2.45) is 7.05 Å². The van der Waals surface area contributed by atoms with Crippen LogP contribution in [0.25, 0.3) is 18.3 Å². The molecule has 23 heavy (non-hydrogen) atoms. The zero-order chi connectivity index (χ0) is 16.4. The summed E-state index contributed by atoms with van der Waals surface area (Å²) in [6.45, 7) is 3.94. The summed E-state index contributed by atoms with van der Waals surface area (Å²) >= 11 is 0. The van der Waals surface area contributed by atoms with Gasteiger partial charge in [-0.3, -0.25) is 9.89 Å². The van der Waals surface area contributed by atoms with Crippen LogP contribution in [0.3, 0.4) is 0 Å². The van der Waals surface area contributed by atoms with Crippen LogP contribution in [0.1, 0.15) is 5.56 Å².